The van der Waals surface area contributed by atoms with Crippen LogP contribution >= 0.6 is 0 Å². The van der Waals surface area contributed by atoms with E-state index in [4.69, 9.17) is 19.4 Å². The number of methoxy groups -OCH3 is 2. The normalized spacial score (nSPS) is 14.8. The molecule has 3 aromatic heterocycles. The molecule has 0 saturated heterocycles. The van der Waals surface area contributed by atoms with Gasteiger partial charge in [-0.25, -0.2) is 9.97 Å². The number of carbonyl (C=O) groups excluding carboxylic acids is 2. The molecule has 5 heterocycles. The Morgan fingerprint density at radius 2 is 1.22 bits per heavy atom. The zero-order chi connectivity index (χ0) is 40.7. The van der Waals surface area contributed by atoms with Gasteiger partial charge >= 0.3 is 11.9 Å². The minimum absolute atomic E-state index is 0.197. The number of H-pyrrole nitrogens is 2. The van der Waals surface area contributed by atoms with Crippen molar-refractivity contribution >= 4 is 68.4 Å². The van der Waals surface area contributed by atoms with Crippen molar-refractivity contribution in [2.75, 3.05) is 14.2 Å². The summed E-state index contributed by atoms with van der Waals surface area (Å²) in [4.78, 5) is 42.7. The second-order valence-corrected chi connectivity index (χ2v) is 15.3. The van der Waals surface area contributed by atoms with Gasteiger partial charge in [-0.3, -0.25) is 9.59 Å². The minimum Gasteiger partial charge on any atom is -0.469 e. The van der Waals surface area contributed by atoms with Crippen LogP contribution in [0.3, 0.4) is 0 Å². The average Bonchev–Trinajstić information content (AvgIpc) is 3.90. The Morgan fingerprint density at radius 3 is 1.84 bits per heavy atom. The highest BCUT2D eigenvalue weighted by molar-refractivity contribution is 5.97. The monoisotopic (exact) mass is 768 g/mol. The van der Waals surface area contributed by atoms with Crippen LogP contribution in [0, 0.1) is 13.8 Å². The Morgan fingerprint density at radius 1 is 0.690 bits per heavy atom. The first kappa shape index (κ1) is 38.3. The highest BCUT2D eigenvalue weighted by atomic mass is 16.5. The Bertz CT molecular complexity index is 2790. The summed E-state index contributed by atoms with van der Waals surface area (Å²) in [5.41, 5.74) is 20.2. The highest BCUT2D eigenvalue weighted by Gasteiger charge is 2.25. The Kier molecular flexibility index (Phi) is 10.4. The van der Waals surface area contributed by atoms with E-state index >= 15 is 0 Å². The second-order valence-electron chi connectivity index (χ2n) is 15.3. The number of hydrogen-bond acceptors (Lipinski definition) is 6. The van der Waals surface area contributed by atoms with Gasteiger partial charge in [0, 0.05) is 52.0 Å². The van der Waals surface area contributed by atoms with Gasteiger partial charge in [0.05, 0.1) is 37.0 Å². The maximum Gasteiger partial charge on any atom is 0.305 e. The van der Waals surface area contributed by atoms with E-state index in [0.29, 0.717) is 12.8 Å². The van der Waals surface area contributed by atoms with E-state index in [1.165, 1.54) is 36.5 Å². The number of nitrogens with one attached hydrogen (secondary N) is 2. The van der Waals surface area contributed by atoms with E-state index in [0.717, 1.165) is 95.8 Å². The summed E-state index contributed by atoms with van der Waals surface area (Å²) in [5.74, 6) is -0.373. The molecular weight excluding hydrogens is 721 g/mol. The molecule has 3 aliphatic rings. The third-order valence-electron chi connectivity index (χ3n) is 12.1. The number of hydrogen-bond donors (Lipinski definition) is 2. The van der Waals surface area contributed by atoms with Crippen LogP contribution in [0.1, 0.15) is 102 Å². The van der Waals surface area contributed by atoms with E-state index in [1.807, 2.05) is 19.1 Å². The SMILES string of the molecule is C=Cc1c(C)c2cc3nc(cc4nc(cc5[nH]c(cc1[nH]2)c(C)c5/C=C/C1Cc2ccccc2-c2ccccc21)C(C)=C4CCC(=O)OC)C(CCC(=O)OC)=C3C. The van der Waals surface area contributed by atoms with Crippen LogP contribution < -0.4 is 0 Å². The van der Waals surface area contributed by atoms with Crippen molar-refractivity contribution in [3.63, 3.8) is 0 Å². The number of benzene rings is 2. The predicted molar refractivity (Wildman–Crippen MR) is 235 cm³/mol. The summed E-state index contributed by atoms with van der Waals surface area (Å²) < 4.78 is 10.1. The largest absolute Gasteiger partial charge is 0.469 e. The molecule has 0 radical (unpaired) electrons. The molecule has 2 aromatic carbocycles. The average molecular weight is 769 g/mol. The molecule has 1 unspecified atom stereocenters. The number of aromatic nitrogens is 4. The van der Waals surface area contributed by atoms with Gasteiger partial charge in [-0.15, -0.1) is 0 Å². The molecule has 8 bridgehead atoms. The Balaban J connectivity index is 1.38. The lowest BCUT2D eigenvalue weighted by atomic mass is 9.78. The maximum atomic E-state index is 12.5. The molecule has 0 saturated carbocycles. The number of carbonyl (C=O) groups is 2. The van der Waals surface area contributed by atoms with Crippen molar-refractivity contribution in [3.05, 3.63) is 142 Å². The number of esters is 2. The zero-order valence-electron chi connectivity index (χ0n) is 34.0. The topological polar surface area (TPSA) is 110 Å². The van der Waals surface area contributed by atoms with Gasteiger partial charge < -0.3 is 19.4 Å². The second kappa shape index (κ2) is 15.8. The van der Waals surface area contributed by atoms with E-state index in [2.05, 4.69) is 116 Å². The van der Waals surface area contributed by atoms with Crippen LogP contribution in [-0.4, -0.2) is 46.1 Å². The summed E-state index contributed by atoms with van der Waals surface area (Å²) >= 11 is 0. The van der Waals surface area contributed by atoms with Crippen molar-refractivity contribution in [2.45, 2.75) is 65.7 Å². The van der Waals surface area contributed by atoms with Gasteiger partial charge in [0.25, 0.3) is 0 Å². The molecule has 1 atom stereocenters. The van der Waals surface area contributed by atoms with Crippen LogP contribution in [-0.2, 0) is 25.5 Å². The van der Waals surface area contributed by atoms with Crippen molar-refractivity contribution in [1.82, 2.24) is 19.9 Å². The first-order chi connectivity index (χ1) is 28.1. The minimum atomic E-state index is -0.285. The van der Waals surface area contributed by atoms with Crippen molar-refractivity contribution in [1.29, 1.82) is 0 Å². The number of aryl methyl sites for hydroxylation is 2. The Labute approximate surface area is 339 Å². The summed E-state index contributed by atoms with van der Waals surface area (Å²) in [6, 6.07) is 25.8. The quantitative estimate of drug-likeness (QED) is 0.145. The lowest BCUT2D eigenvalue weighted by Gasteiger charge is -2.25. The standard InChI is InChI=1S/C50H48N4O4/c1-8-34-28(2)41-24-42-30(4)36(19-21-49(55)57-6)47(52-42)27-48-37(20-22-50(56)58-7)31(5)44(54-48)26-46-35(29(3)43(53-46)25-45(34)51-41)18-17-33-23-32-13-9-10-14-38(32)40-16-12-11-15-39(33)40/h8-18,24-27,33,51,53H,1,19-23H2,2-7H3/b18-17+,41-24?,42-24?,43-25?,44-26?,45-25?,46-26?,47-27?,48-27?. The maximum absolute atomic E-state index is 12.5. The number of ether oxygens (including phenoxy) is 2. The van der Waals surface area contributed by atoms with Crippen LogP contribution in [0.2, 0.25) is 0 Å². The van der Waals surface area contributed by atoms with Crippen LogP contribution in [0.25, 0.3) is 67.6 Å². The number of allylic oxidation sites excluding steroid dienone is 5. The number of fused-ring (bicyclic) bond motifs is 11. The fourth-order valence-corrected chi connectivity index (χ4v) is 8.67. The van der Waals surface area contributed by atoms with E-state index < -0.39 is 0 Å². The number of aromatic amines is 2. The first-order valence-electron chi connectivity index (χ1n) is 19.9. The van der Waals surface area contributed by atoms with Crippen LogP contribution in [0.4, 0.5) is 0 Å². The van der Waals surface area contributed by atoms with E-state index in [9.17, 15) is 9.59 Å². The molecule has 0 fully saturated rings. The molecule has 2 aliphatic heterocycles. The van der Waals surface area contributed by atoms with E-state index in [1.54, 1.807) is 0 Å². The van der Waals surface area contributed by atoms with Crippen molar-refractivity contribution in [2.24, 2.45) is 0 Å². The first-order valence-corrected chi connectivity index (χ1v) is 19.9. The van der Waals surface area contributed by atoms with Gasteiger partial charge in [-0.05, 0) is 127 Å². The molecule has 2 N–H and O–H groups in total. The molecule has 0 spiro atoms. The van der Waals surface area contributed by atoms with Crippen molar-refractivity contribution in [3.8, 4) is 11.1 Å². The lowest BCUT2D eigenvalue weighted by molar-refractivity contribution is -0.141. The predicted octanol–water partition coefficient (Wildman–Crippen LogP) is 11.4. The fourth-order valence-electron chi connectivity index (χ4n) is 8.67. The molecular formula is C50H48N4O4. The van der Waals surface area contributed by atoms with Gasteiger partial charge in [0.15, 0.2) is 0 Å². The molecule has 1 aliphatic carbocycles. The van der Waals surface area contributed by atoms with Gasteiger partial charge in [0.2, 0.25) is 0 Å². The van der Waals surface area contributed by atoms with Gasteiger partial charge in [-0.2, -0.15) is 0 Å². The summed E-state index contributed by atoms with van der Waals surface area (Å²) in [6.07, 6.45) is 8.77. The third-order valence-corrected chi connectivity index (χ3v) is 12.1. The Hall–Kier alpha value is -6.54. The van der Waals surface area contributed by atoms with Crippen LogP contribution in [0.15, 0.2) is 85.5 Å². The molecule has 8 nitrogen and oxygen atoms in total. The van der Waals surface area contributed by atoms with E-state index in [-0.39, 0.29) is 30.7 Å². The molecule has 0 amide bonds. The molecule has 292 valence electrons. The van der Waals surface area contributed by atoms with Crippen molar-refractivity contribution < 1.29 is 19.1 Å². The zero-order valence-corrected chi connectivity index (χ0v) is 34.0. The third kappa shape index (κ3) is 7.04. The lowest BCUT2D eigenvalue weighted by Crippen LogP contribution is -2.09. The molecule has 5 aromatic rings. The fraction of sp³-hybridized carbons (Fsp3) is 0.240. The number of nitrogens with zero attached hydrogens (tertiary/aromatic N) is 2. The molecule has 8 heteroatoms. The summed E-state index contributed by atoms with van der Waals surface area (Å²) in [6.45, 7) is 12.5. The summed E-state index contributed by atoms with van der Waals surface area (Å²) in [7, 11) is 2.82. The number of rotatable bonds is 9. The smallest absolute Gasteiger partial charge is 0.305 e. The van der Waals surface area contributed by atoms with Crippen LogP contribution in [0.5, 0.6) is 0 Å². The van der Waals surface area contributed by atoms with Gasteiger partial charge in [0.1, 0.15) is 0 Å². The van der Waals surface area contributed by atoms with Gasteiger partial charge in [-0.1, -0.05) is 73.3 Å². The summed E-state index contributed by atoms with van der Waals surface area (Å²) in [5, 5.41) is 0. The molecule has 58 heavy (non-hydrogen) atoms. The molecule has 8 rings (SSSR count). The highest BCUT2D eigenvalue weighted by Crippen LogP contribution is 2.42.